The Morgan fingerprint density at radius 1 is 0.952 bits per heavy atom. The van der Waals surface area contributed by atoms with Crippen LogP contribution in [0.15, 0.2) is 82.9 Å². The van der Waals surface area contributed by atoms with Gasteiger partial charge in [0.2, 0.25) is 0 Å². The maximum Gasteiger partial charge on any atom is 0.109 e. The molecule has 1 saturated heterocycles. The second kappa shape index (κ2) is 10.8. The number of H-pyrrole nitrogens is 1. The normalized spacial score (nSPS) is 28.5. The molecular weight excluding hydrogens is 520 g/mol. The van der Waals surface area contributed by atoms with Crippen molar-refractivity contribution in [3.63, 3.8) is 0 Å². The van der Waals surface area contributed by atoms with Gasteiger partial charge in [0.05, 0.1) is 46.9 Å². The molecule has 7 nitrogen and oxygen atoms in total. The maximum atomic E-state index is 6.14. The van der Waals surface area contributed by atoms with Crippen LogP contribution >= 0.6 is 0 Å². The van der Waals surface area contributed by atoms with Crippen LogP contribution in [0.4, 0.5) is 0 Å². The van der Waals surface area contributed by atoms with Crippen molar-refractivity contribution < 1.29 is 4.74 Å². The highest BCUT2D eigenvalue weighted by Gasteiger charge is 2.45. The number of nitrogens with zero attached hydrogens (tertiary/aromatic N) is 5. The first kappa shape index (κ1) is 25.8. The van der Waals surface area contributed by atoms with E-state index in [1.807, 2.05) is 18.6 Å². The number of hydrazone groups is 1. The summed E-state index contributed by atoms with van der Waals surface area (Å²) in [4.78, 5) is 17.8. The standard InChI is InChI=1S/C35H38N6O/c1-22-5-12-32-30(38-29-19-27(29)34-4-2-3-17-42-34)20-28(24-13-15-36-16-14-24)40-41(32)33(18-22)25-8-6-23(7-9-25)31-21-37-35(39-31)26-10-11-26/h6-9,12-16,18,21-22,26-27,29,34H,2-5,10-11,17,19-20H2,1H3,(H,37,39). The number of aromatic nitrogens is 3. The number of imidazole rings is 1. The summed E-state index contributed by atoms with van der Waals surface area (Å²) in [5.74, 6) is 2.67. The molecular formula is C35H38N6O. The summed E-state index contributed by atoms with van der Waals surface area (Å²) in [6, 6.07) is 13.3. The molecule has 0 amide bonds. The summed E-state index contributed by atoms with van der Waals surface area (Å²) in [6.45, 7) is 3.19. The maximum absolute atomic E-state index is 6.14. The van der Waals surface area contributed by atoms with Gasteiger partial charge in [0.15, 0.2) is 0 Å². The second-order valence-electron chi connectivity index (χ2n) is 12.6. The average Bonchev–Trinajstić information content (AvgIpc) is 3.98. The molecule has 3 fully saturated rings. The van der Waals surface area contributed by atoms with Crippen molar-refractivity contribution in [2.45, 2.75) is 76.4 Å². The zero-order chi connectivity index (χ0) is 28.0. The molecule has 5 aliphatic rings. The number of fused-ring (bicyclic) bond motifs is 1. The van der Waals surface area contributed by atoms with Gasteiger partial charge in [0.1, 0.15) is 5.82 Å². The first-order valence-corrected chi connectivity index (χ1v) is 15.7. The summed E-state index contributed by atoms with van der Waals surface area (Å²) in [5, 5.41) is 7.45. The first-order valence-electron chi connectivity index (χ1n) is 15.7. The van der Waals surface area contributed by atoms with Gasteiger partial charge in [-0.15, -0.1) is 0 Å². The molecule has 2 aromatic heterocycles. The van der Waals surface area contributed by atoms with E-state index in [-0.39, 0.29) is 0 Å². The Balaban J connectivity index is 1.14. The lowest BCUT2D eigenvalue weighted by Gasteiger charge is -2.31. The molecule has 2 saturated carbocycles. The topological polar surface area (TPSA) is 78.8 Å². The second-order valence-corrected chi connectivity index (χ2v) is 12.6. The molecule has 7 heteroatoms. The van der Waals surface area contributed by atoms with Crippen molar-refractivity contribution in [2.24, 2.45) is 21.9 Å². The number of hydrogen-bond donors (Lipinski definition) is 1. The van der Waals surface area contributed by atoms with E-state index in [0.29, 0.717) is 29.9 Å². The lowest BCUT2D eigenvalue weighted by atomic mass is 10.00. The number of allylic oxidation sites excluding steroid dienone is 3. The van der Waals surface area contributed by atoms with E-state index in [0.717, 1.165) is 76.9 Å². The van der Waals surface area contributed by atoms with Crippen molar-refractivity contribution in [2.75, 3.05) is 6.61 Å². The predicted octanol–water partition coefficient (Wildman–Crippen LogP) is 7.12. The Morgan fingerprint density at radius 2 is 1.79 bits per heavy atom. The summed E-state index contributed by atoms with van der Waals surface area (Å²) < 4.78 is 6.14. The highest BCUT2D eigenvalue weighted by molar-refractivity contribution is 6.19. The zero-order valence-corrected chi connectivity index (χ0v) is 24.2. The third-order valence-corrected chi connectivity index (χ3v) is 9.32. The number of aliphatic imine (C=N–C) groups is 1. The number of rotatable bonds is 6. The molecule has 0 spiro atoms. The molecule has 8 rings (SSSR count). The van der Waals surface area contributed by atoms with E-state index >= 15 is 0 Å². The Bertz CT molecular complexity index is 1570. The van der Waals surface area contributed by atoms with Gasteiger partial charge in [-0.25, -0.2) is 9.99 Å². The van der Waals surface area contributed by atoms with Gasteiger partial charge < -0.3 is 9.72 Å². The third kappa shape index (κ3) is 5.15. The molecule has 3 aliphatic heterocycles. The van der Waals surface area contributed by atoms with Crippen LogP contribution in [-0.2, 0) is 4.74 Å². The fourth-order valence-corrected chi connectivity index (χ4v) is 6.63. The Labute approximate surface area is 247 Å². The SMILES string of the molecule is CC1C=C(c2ccc(-c3cnc(C4CC4)[nH]3)cc2)N2N=C(c3ccncc3)CC(=NC3CC3C3CCCCO3)C2=CC1. The van der Waals surface area contributed by atoms with Crippen LogP contribution in [-0.4, -0.2) is 50.1 Å². The monoisotopic (exact) mass is 558 g/mol. The van der Waals surface area contributed by atoms with Gasteiger partial charge in [0.25, 0.3) is 0 Å². The van der Waals surface area contributed by atoms with Crippen LogP contribution in [0.2, 0.25) is 0 Å². The van der Waals surface area contributed by atoms with Crippen LogP contribution in [0.3, 0.4) is 0 Å². The van der Waals surface area contributed by atoms with Gasteiger partial charge in [-0.3, -0.25) is 9.98 Å². The molecule has 1 N–H and O–H groups in total. The zero-order valence-electron chi connectivity index (χ0n) is 24.2. The highest BCUT2D eigenvalue weighted by Crippen LogP contribution is 2.43. The highest BCUT2D eigenvalue weighted by atomic mass is 16.5. The molecule has 0 bridgehead atoms. The molecule has 5 heterocycles. The Hall–Kier alpha value is -3.84. The van der Waals surface area contributed by atoms with Gasteiger partial charge in [-0.05, 0) is 74.1 Å². The van der Waals surface area contributed by atoms with E-state index in [1.165, 1.54) is 32.1 Å². The van der Waals surface area contributed by atoms with E-state index in [4.69, 9.17) is 14.8 Å². The molecule has 0 radical (unpaired) electrons. The largest absolute Gasteiger partial charge is 0.378 e. The van der Waals surface area contributed by atoms with Gasteiger partial charge in [-0.2, -0.15) is 5.10 Å². The average molecular weight is 559 g/mol. The lowest BCUT2D eigenvalue weighted by molar-refractivity contribution is 0.00160. The van der Waals surface area contributed by atoms with Crippen LogP contribution in [0.5, 0.6) is 0 Å². The number of hydrogen-bond acceptors (Lipinski definition) is 6. The molecule has 42 heavy (non-hydrogen) atoms. The Kier molecular flexibility index (Phi) is 6.63. The summed E-state index contributed by atoms with van der Waals surface area (Å²) >= 11 is 0. The quantitative estimate of drug-likeness (QED) is 0.349. The summed E-state index contributed by atoms with van der Waals surface area (Å²) in [6.07, 6.45) is 19.7. The molecule has 3 aromatic rings. The Morgan fingerprint density at radius 3 is 2.57 bits per heavy atom. The van der Waals surface area contributed by atoms with E-state index in [1.54, 1.807) is 0 Å². The molecule has 4 atom stereocenters. The van der Waals surface area contributed by atoms with Crippen molar-refractivity contribution in [3.8, 4) is 11.3 Å². The van der Waals surface area contributed by atoms with Crippen LogP contribution < -0.4 is 0 Å². The molecule has 1 aromatic carbocycles. The van der Waals surface area contributed by atoms with Crippen molar-refractivity contribution >= 4 is 17.1 Å². The van der Waals surface area contributed by atoms with E-state index < -0.39 is 0 Å². The summed E-state index contributed by atoms with van der Waals surface area (Å²) in [7, 11) is 0. The van der Waals surface area contributed by atoms with E-state index in [9.17, 15) is 0 Å². The van der Waals surface area contributed by atoms with Gasteiger partial charge in [-0.1, -0.05) is 43.3 Å². The van der Waals surface area contributed by atoms with Crippen molar-refractivity contribution in [1.82, 2.24) is 20.0 Å². The number of nitrogens with one attached hydrogen (secondary N) is 1. The number of ether oxygens (including phenoxy) is 1. The molecule has 2 aliphatic carbocycles. The number of pyridine rings is 1. The van der Waals surface area contributed by atoms with Gasteiger partial charge in [0, 0.05) is 42.8 Å². The van der Waals surface area contributed by atoms with Crippen molar-refractivity contribution in [1.29, 1.82) is 0 Å². The fourth-order valence-electron chi connectivity index (χ4n) is 6.63. The number of aromatic amines is 1. The van der Waals surface area contributed by atoms with Crippen molar-refractivity contribution in [3.05, 3.63) is 89.8 Å². The van der Waals surface area contributed by atoms with Crippen LogP contribution in [0, 0.1) is 11.8 Å². The minimum Gasteiger partial charge on any atom is -0.378 e. The van der Waals surface area contributed by atoms with E-state index in [2.05, 4.69) is 75.4 Å². The third-order valence-electron chi connectivity index (χ3n) is 9.32. The predicted molar refractivity (Wildman–Crippen MR) is 166 cm³/mol. The van der Waals surface area contributed by atoms with Gasteiger partial charge >= 0.3 is 0 Å². The molecule has 214 valence electrons. The minimum atomic E-state index is 0.338. The first-order chi connectivity index (χ1) is 20.7. The fraction of sp³-hybridized carbons (Fsp3) is 0.429. The lowest BCUT2D eigenvalue weighted by Crippen LogP contribution is -2.31. The smallest absolute Gasteiger partial charge is 0.109 e. The minimum absolute atomic E-state index is 0.338. The molecule has 4 unspecified atom stereocenters. The van der Waals surface area contributed by atoms with Crippen LogP contribution in [0.1, 0.15) is 81.2 Å². The van der Waals surface area contributed by atoms with Crippen LogP contribution in [0.25, 0.3) is 17.0 Å². The number of benzene rings is 1. The summed E-state index contributed by atoms with van der Waals surface area (Å²) in [5.41, 5.74) is 8.90.